The van der Waals surface area contributed by atoms with Crippen molar-refractivity contribution in [2.75, 3.05) is 11.9 Å². The van der Waals surface area contributed by atoms with Gasteiger partial charge in [0.2, 0.25) is 10.9 Å². The topological polar surface area (TPSA) is 71.1 Å². The SMILES string of the molecule is O=[SH](=O)N/C=C/c1ccc(NCCc2nccs2)c(C=Cc2ccc(F)cc2)c1. The highest BCUT2D eigenvalue weighted by molar-refractivity contribution is 7.70. The average molecular weight is 430 g/mol. The van der Waals surface area contributed by atoms with Gasteiger partial charge < -0.3 is 5.32 Å². The Morgan fingerprint density at radius 1 is 1.03 bits per heavy atom. The smallest absolute Gasteiger partial charge is 0.222 e. The molecule has 3 aromatic rings. The predicted octanol–water partition coefficient (Wildman–Crippen LogP) is 4.19. The van der Waals surface area contributed by atoms with E-state index in [-0.39, 0.29) is 5.82 Å². The number of nitrogens with one attached hydrogen (secondary N) is 2. The van der Waals surface area contributed by atoms with E-state index in [2.05, 4.69) is 15.0 Å². The van der Waals surface area contributed by atoms with E-state index in [4.69, 9.17) is 0 Å². The van der Waals surface area contributed by atoms with Gasteiger partial charge in [-0.2, -0.15) is 0 Å². The van der Waals surface area contributed by atoms with Gasteiger partial charge in [0.15, 0.2) is 0 Å². The lowest BCUT2D eigenvalue weighted by atomic mass is 10.1. The first-order valence-electron chi connectivity index (χ1n) is 8.87. The Kier molecular flexibility index (Phi) is 7.54. The highest BCUT2D eigenvalue weighted by Crippen LogP contribution is 2.22. The van der Waals surface area contributed by atoms with Crippen molar-refractivity contribution < 1.29 is 12.8 Å². The van der Waals surface area contributed by atoms with E-state index in [1.54, 1.807) is 35.7 Å². The summed E-state index contributed by atoms with van der Waals surface area (Å²) >= 11 is 1.62. The summed E-state index contributed by atoms with van der Waals surface area (Å²) in [5, 5.41) is 6.44. The third-order valence-electron chi connectivity index (χ3n) is 3.99. The molecule has 0 spiro atoms. The fourth-order valence-electron chi connectivity index (χ4n) is 2.62. The molecule has 1 aromatic heterocycles. The first-order valence-corrected chi connectivity index (χ1v) is 10.9. The lowest BCUT2D eigenvalue weighted by Crippen LogP contribution is -2.06. The van der Waals surface area contributed by atoms with E-state index in [0.29, 0.717) is 0 Å². The summed E-state index contributed by atoms with van der Waals surface area (Å²) in [6.07, 6.45) is 9.52. The Labute approximate surface area is 174 Å². The molecule has 8 heteroatoms. The van der Waals surface area contributed by atoms with Gasteiger partial charge in [-0.1, -0.05) is 30.4 Å². The van der Waals surface area contributed by atoms with Crippen LogP contribution >= 0.6 is 11.3 Å². The lowest BCUT2D eigenvalue weighted by molar-refractivity contribution is 0.610. The van der Waals surface area contributed by atoms with Crippen LogP contribution in [-0.2, 0) is 17.3 Å². The molecule has 0 saturated heterocycles. The molecular weight excluding hydrogens is 409 g/mol. The second kappa shape index (κ2) is 10.5. The number of hydrogen-bond acceptors (Lipinski definition) is 5. The molecule has 0 atom stereocenters. The third-order valence-corrected chi connectivity index (χ3v) is 5.19. The number of nitrogens with zero attached hydrogens (tertiary/aromatic N) is 1. The molecule has 2 N–H and O–H groups in total. The quantitative estimate of drug-likeness (QED) is 0.352. The van der Waals surface area contributed by atoms with E-state index < -0.39 is 10.9 Å². The van der Waals surface area contributed by atoms with Crippen LogP contribution in [0.4, 0.5) is 10.1 Å². The molecule has 2 aromatic carbocycles. The number of thiazole rings is 1. The van der Waals surface area contributed by atoms with Crippen LogP contribution < -0.4 is 10.0 Å². The van der Waals surface area contributed by atoms with E-state index in [0.717, 1.165) is 40.4 Å². The molecule has 0 aliphatic carbocycles. The molecule has 0 aliphatic heterocycles. The highest BCUT2D eigenvalue weighted by Gasteiger charge is 2.02. The van der Waals surface area contributed by atoms with Crippen LogP contribution in [0.25, 0.3) is 18.2 Å². The van der Waals surface area contributed by atoms with Gasteiger partial charge in [0.05, 0.1) is 5.01 Å². The van der Waals surface area contributed by atoms with Crippen LogP contribution in [0.2, 0.25) is 0 Å². The van der Waals surface area contributed by atoms with Gasteiger partial charge in [-0.25, -0.2) is 17.8 Å². The van der Waals surface area contributed by atoms with Crippen LogP contribution in [-0.4, -0.2) is 19.9 Å². The van der Waals surface area contributed by atoms with Crippen LogP contribution in [0.5, 0.6) is 0 Å². The summed E-state index contributed by atoms with van der Waals surface area (Å²) < 4.78 is 36.6. The predicted molar refractivity (Wildman–Crippen MR) is 119 cm³/mol. The van der Waals surface area contributed by atoms with Crippen molar-refractivity contribution in [1.29, 1.82) is 0 Å². The molecular formula is C21H20FN3O2S2. The molecule has 1 heterocycles. The lowest BCUT2D eigenvalue weighted by Gasteiger charge is -2.10. The van der Waals surface area contributed by atoms with Crippen molar-refractivity contribution in [3.05, 3.63) is 87.8 Å². The summed E-state index contributed by atoms with van der Waals surface area (Å²) in [4.78, 5) is 4.28. The molecule has 150 valence electrons. The van der Waals surface area contributed by atoms with Crippen molar-refractivity contribution in [1.82, 2.24) is 9.71 Å². The van der Waals surface area contributed by atoms with Crippen LogP contribution in [0.3, 0.4) is 0 Å². The minimum absolute atomic E-state index is 0.275. The van der Waals surface area contributed by atoms with Crippen molar-refractivity contribution in [2.24, 2.45) is 0 Å². The van der Waals surface area contributed by atoms with E-state index >= 15 is 0 Å². The summed E-state index contributed by atoms with van der Waals surface area (Å²) in [5.41, 5.74) is 3.60. The maximum atomic E-state index is 13.1. The van der Waals surface area contributed by atoms with Gasteiger partial charge in [-0.05, 0) is 47.0 Å². The van der Waals surface area contributed by atoms with Crippen LogP contribution in [0.15, 0.2) is 60.2 Å². The van der Waals surface area contributed by atoms with Crippen molar-refractivity contribution in [2.45, 2.75) is 6.42 Å². The standard InChI is InChI=1S/C21H20FN3O2S2/c22-19-6-2-16(3-7-19)1-5-18-15-17(9-12-25-29(26)27)4-8-20(18)23-11-10-21-24-13-14-28-21/h1-9,12-15,23,29H,10-11H2,(H,25,26,27)/b5-1?,12-9+. The number of benzene rings is 2. The minimum atomic E-state index is -2.68. The van der Waals surface area contributed by atoms with E-state index in [9.17, 15) is 12.8 Å². The number of anilines is 1. The first kappa shape index (κ1) is 20.8. The number of thiol groups is 1. The third kappa shape index (κ3) is 6.85. The molecule has 0 unspecified atom stereocenters. The normalized spacial score (nSPS) is 11.5. The maximum Gasteiger partial charge on any atom is 0.222 e. The van der Waals surface area contributed by atoms with Crippen molar-refractivity contribution in [3.8, 4) is 0 Å². The largest absolute Gasteiger partial charge is 0.384 e. The Bertz CT molecular complexity index is 1050. The summed E-state index contributed by atoms with van der Waals surface area (Å²) in [6.45, 7) is 0.734. The highest BCUT2D eigenvalue weighted by atomic mass is 32.2. The van der Waals surface area contributed by atoms with Gasteiger partial charge in [0, 0.05) is 36.4 Å². The van der Waals surface area contributed by atoms with Crippen LogP contribution in [0.1, 0.15) is 21.7 Å². The number of halogens is 1. The number of aromatic nitrogens is 1. The summed E-state index contributed by atoms with van der Waals surface area (Å²) in [7, 11) is -2.68. The monoisotopic (exact) mass is 429 g/mol. The second-order valence-electron chi connectivity index (χ2n) is 6.05. The molecule has 0 saturated carbocycles. The van der Waals surface area contributed by atoms with Gasteiger partial charge in [0.25, 0.3) is 0 Å². The number of hydrogen-bond donors (Lipinski definition) is 3. The fraction of sp³-hybridized carbons (Fsp3) is 0.0952. The zero-order chi connectivity index (χ0) is 20.5. The zero-order valence-corrected chi connectivity index (χ0v) is 17.1. The molecule has 0 fully saturated rings. The van der Waals surface area contributed by atoms with Gasteiger partial charge in [-0.15, -0.1) is 11.3 Å². The average Bonchev–Trinajstić information content (AvgIpc) is 3.22. The second-order valence-corrected chi connectivity index (χ2v) is 7.81. The first-order chi connectivity index (χ1) is 14.1. The molecule has 29 heavy (non-hydrogen) atoms. The molecule has 5 nitrogen and oxygen atoms in total. The van der Waals surface area contributed by atoms with Crippen molar-refractivity contribution >= 4 is 46.1 Å². The molecule has 3 rings (SSSR count). The maximum absolute atomic E-state index is 13.1. The van der Waals surface area contributed by atoms with Gasteiger partial charge in [-0.3, -0.25) is 4.72 Å². The fourth-order valence-corrected chi connectivity index (χ4v) is 3.44. The van der Waals surface area contributed by atoms with Gasteiger partial charge >= 0.3 is 0 Å². The van der Waals surface area contributed by atoms with E-state index in [1.807, 2.05) is 35.7 Å². The minimum Gasteiger partial charge on any atom is -0.384 e. The molecule has 0 amide bonds. The molecule has 0 radical (unpaired) electrons. The Morgan fingerprint density at radius 3 is 2.55 bits per heavy atom. The Hall–Kier alpha value is -2.97. The summed E-state index contributed by atoms with van der Waals surface area (Å²) in [5.74, 6) is -0.275. The number of rotatable bonds is 9. The van der Waals surface area contributed by atoms with Crippen LogP contribution in [0, 0.1) is 5.82 Å². The van der Waals surface area contributed by atoms with Gasteiger partial charge in [0.1, 0.15) is 5.82 Å². The molecule has 0 aliphatic rings. The van der Waals surface area contributed by atoms with E-state index in [1.165, 1.54) is 18.3 Å². The zero-order valence-electron chi connectivity index (χ0n) is 15.4. The Balaban J connectivity index is 1.78. The summed E-state index contributed by atoms with van der Waals surface area (Å²) in [6, 6.07) is 12.0. The Morgan fingerprint density at radius 2 is 1.83 bits per heavy atom. The molecule has 0 bridgehead atoms. The van der Waals surface area contributed by atoms with Crippen molar-refractivity contribution in [3.63, 3.8) is 0 Å².